The Morgan fingerprint density at radius 2 is 1.74 bits per heavy atom. The maximum absolute atomic E-state index is 12.8. The number of fused-ring (bicyclic) bond motifs is 1. The summed E-state index contributed by atoms with van der Waals surface area (Å²) in [6.07, 6.45) is 0. The number of nitrogens with two attached hydrogens (primary N) is 1. The van der Waals surface area contributed by atoms with E-state index in [0.29, 0.717) is 22.4 Å². The highest BCUT2D eigenvalue weighted by Crippen LogP contribution is 2.49. The van der Waals surface area contributed by atoms with Crippen LogP contribution in [0, 0.1) is 11.3 Å². The van der Waals surface area contributed by atoms with Crippen LogP contribution >= 0.6 is 15.9 Å². The molecule has 0 fully saturated rings. The molecule has 190 valence electrons. The van der Waals surface area contributed by atoms with Crippen LogP contribution in [0.2, 0.25) is 0 Å². The number of carbonyl (C=O) groups is 1. The molecule has 1 atom stereocenters. The van der Waals surface area contributed by atoms with Crippen LogP contribution < -0.4 is 24.7 Å². The average Bonchev–Trinajstić information content (AvgIpc) is 3.36. The van der Waals surface area contributed by atoms with Gasteiger partial charge in [-0.1, -0.05) is 46.3 Å². The molecule has 10 heteroatoms. The first kappa shape index (κ1) is 24.9. The fourth-order valence-electron chi connectivity index (χ4n) is 4.31. The van der Waals surface area contributed by atoms with Gasteiger partial charge in [0, 0.05) is 10.0 Å². The summed E-state index contributed by atoms with van der Waals surface area (Å²) in [5, 5.41) is 17.4. The third-order valence-corrected chi connectivity index (χ3v) is 6.62. The van der Waals surface area contributed by atoms with Crippen molar-refractivity contribution in [2.24, 2.45) is 5.73 Å². The Balaban J connectivity index is 1.65. The Labute approximate surface area is 226 Å². The number of esters is 1. The number of ether oxygens (including phenoxy) is 4. The first-order valence-electron chi connectivity index (χ1n) is 11.4. The average molecular weight is 573 g/mol. The lowest BCUT2D eigenvalue weighted by atomic mass is 9.82. The van der Waals surface area contributed by atoms with Crippen LogP contribution in [0.3, 0.4) is 0 Å². The molecule has 3 aromatic carbocycles. The van der Waals surface area contributed by atoms with Gasteiger partial charge in [-0.25, -0.2) is 4.79 Å². The van der Waals surface area contributed by atoms with Gasteiger partial charge in [-0.3, -0.25) is 5.10 Å². The number of halogens is 1. The third-order valence-electron chi connectivity index (χ3n) is 6.09. The number of benzene rings is 3. The summed E-state index contributed by atoms with van der Waals surface area (Å²) in [5.74, 6) is -0.475. The van der Waals surface area contributed by atoms with Gasteiger partial charge in [-0.2, -0.15) is 5.26 Å². The second kappa shape index (κ2) is 10.3. The van der Waals surface area contributed by atoms with Crippen LogP contribution in [0.4, 0.5) is 0 Å². The zero-order chi connectivity index (χ0) is 26.8. The van der Waals surface area contributed by atoms with Crippen LogP contribution in [0.15, 0.2) is 82.7 Å². The molecule has 1 aromatic heterocycles. The van der Waals surface area contributed by atoms with E-state index in [1.165, 1.54) is 14.2 Å². The molecule has 0 spiro atoms. The van der Waals surface area contributed by atoms with E-state index in [0.717, 1.165) is 10.0 Å². The monoisotopic (exact) mass is 572 g/mol. The highest BCUT2D eigenvalue weighted by atomic mass is 79.9. The van der Waals surface area contributed by atoms with E-state index in [-0.39, 0.29) is 34.6 Å². The number of carbonyl (C=O) groups excluding carboxylic acids is 1. The molecule has 2 heterocycles. The van der Waals surface area contributed by atoms with Crippen molar-refractivity contribution in [1.29, 1.82) is 5.26 Å². The summed E-state index contributed by atoms with van der Waals surface area (Å²) < 4.78 is 23.5. The van der Waals surface area contributed by atoms with Gasteiger partial charge < -0.3 is 24.7 Å². The number of hydrogen-bond donors (Lipinski definition) is 2. The Morgan fingerprint density at radius 1 is 1.08 bits per heavy atom. The van der Waals surface area contributed by atoms with Crippen molar-refractivity contribution < 1.29 is 23.7 Å². The van der Waals surface area contributed by atoms with E-state index in [1.54, 1.807) is 42.5 Å². The smallest absolute Gasteiger partial charge is 0.343 e. The van der Waals surface area contributed by atoms with Crippen molar-refractivity contribution in [2.45, 2.75) is 5.92 Å². The lowest BCUT2D eigenvalue weighted by Gasteiger charge is -2.25. The number of nitrogens with one attached hydrogen (secondary N) is 1. The van der Waals surface area contributed by atoms with E-state index >= 15 is 0 Å². The zero-order valence-electron chi connectivity index (χ0n) is 20.3. The van der Waals surface area contributed by atoms with Gasteiger partial charge in [0.1, 0.15) is 11.6 Å². The summed E-state index contributed by atoms with van der Waals surface area (Å²) in [5.41, 5.74) is 9.42. The minimum Gasteiger partial charge on any atom is -0.493 e. The Hall–Kier alpha value is -4.75. The normalized spacial score (nSPS) is 14.2. The predicted octanol–water partition coefficient (Wildman–Crippen LogP) is 5.29. The summed E-state index contributed by atoms with van der Waals surface area (Å²) in [7, 11) is 2.91. The van der Waals surface area contributed by atoms with Crippen molar-refractivity contribution >= 4 is 21.9 Å². The van der Waals surface area contributed by atoms with Gasteiger partial charge in [0.05, 0.1) is 37.0 Å². The number of hydrogen-bond acceptors (Lipinski definition) is 8. The fraction of sp³-hybridized carbons (Fsp3) is 0.107. The summed E-state index contributed by atoms with van der Waals surface area (Å²) >= 11 is 3.45. The predicted molar refractivity (Wildman–Crippen MR) is 142 cm³/mol. The summed E-state index contributed by atoms with van der Waals surface area (Å²) in [6.45, 7) is 0. The first-order valence-corrected chi connectivity index (χ1v) is 12.2. The fourth-order valence-corrected chi connectivity index (χ4v) is 4.57. The van der Waals surface area contributed by atoms with Crippen molar-refractivity contribution in [3.05, 3.63) is 99.3 Å². The quantitative estimate of drug-likeness (QED) is 0.235. The molecule has 0 bridgehead atoms. The molecule has 9 nitrogen and oxygen atoms in total. The molecule has 1 aliphatic heterocycles. The Kier molecular flexibility index (Phi) is 6.77. The molecule has 0 amide bonds. The molecule has 0 unspecified atom stereocenters. The summed E-state index contributed by atoms with van der Waals surface area (Å²) in [4.78, 5) is 12.8. The topological polar surface area (TPSA) is 132 Å². The molecule has 1 aliphatic rings. The largest absolute Gasteiger partial charge is 0.493 e. The van der Waals surface area contributed by atoms with Gasteiger partial charge in [0.15, 0.2) is 11.5 Å². The Morgan fingerprint density at radius 3 is 2.34 bits per heavy atom. The van der Waals surface area contributed by atoms with Gasteiger partial charge in [0.2, 0.25) is 17.5 Å². The lowest BCUT2D eigenvalue weighted by Crippen LogP contribution is -2.21. The van der Waals surface area contributed by atoms with E-state index in [4.69, 9.17) is 24.7 Å². The number of allylic oxidation sites excluding steroid dienone is 1. The molecule has 0 saturated heterocycles. The van der Waals surface area contributed by atoms with Crippen LogP contribution in [-0.4, -0.2) is 30.4 Å². The second-order valence-electron chi connectivity index (χ2n) is 8.26. The van der Waals surface area contributed by atoms with Gasteiger partial charge in [-0.05, 0) is 42.0 Å². The molecule has 0 aliphatic carbocycles. The van der Waals surface area contributed by atoms with E-state index in [1.807, 2.05) is 24.3 Å². The highest BCUT2D eigenvalue weighted by molar-refractivity contribution is 9.10. The molecule has 5 rings (SSSR count). The van der Waals surface area contributed by atoms with E-state index in [9.17, 15) is 10.1 Å². The number of nitrogens with zero attached hydrogens (tertiary/aromatic N) is 2. The molecule has 0 saturated carbocycles. The third kappa shape index (κ3) is 4.44. The van der Waals surface area contributed by atoms with Gasteiger partial charge in [-0.15, -0.1) is 5.10 Å². The van der Waals surface area contributed by atoms with Crippen LogP contribution in [0.1, 0.15) is 27.4 Å². The minimum absolute atomic E-state index is 0.0589. The van der Waals surface area contributed by atoms with Gasteiger partial charge in [0.25, 0.3) is 0 Å². The van der Waals surface area contributed by atoms with Crippen LogP contribution in [0.25, 0.3) is 11.3 Å². The highest BCUT2D eigenvalue weighted by Gasteiger charge is 2.37. The van der Waals surface area contributed by atoms with Crippen molar-refractivity contribution in [3.8, 4) is 40.5 Å². The minimum atomic E-state index is -0.678. The molecule has 3 N–H and O–H groups in total. The molecular weight excluding hydrogens is 552 g/mol. The maximum atomic E-state index is 12.8. The van der Waals surface area contributed by atoms with Crippen LogP contribution in [0.5, 0.6) is 23.1 Å². The van der Waals surface area contributed by atoms with Crippen molar-refractivity contribution in [1.82, 2.24) is 10.2 Å². The number of H-pyrrole nitrogens is 1. The van der Waals surface area contributed by atoms with Crippen molar-refractivity contribution in [2.75, 3.05) is 14.2 Å². The number of rotatable bonds is 6. The van der Waals surface area contributed by atoms with E-state index < -0.39 is 11.9 Å². The summed E-state index contributed by atoms with van der Waals surface area (Å²) in [6, 6.07) is 21.7. The number of methoxy groups -OCH3 is 2. The molecule has 0 radical (unpaired) electrons. The number of aromatic nitrogens is 2. The maximum Gasteiger partial charge on any atom is 0.343 e. The van der Waals surface area contributed by atoms with E-state index in [2.05, 4.69) is 32.2 Å². The SMILES string of the molecule is COc1cc([C@H]2C(C#N)=C(N)Oc3n[nH]c(-c4ccc(Br)cc4)c32)cc(OC)c1OC(=O)c1ccccc1. The number of aromatic amines is 1. The van der Waals surface area contributed by atoms with Crippen LogP contribution in [-0.2, 0) is 0 Å². The molecule has 4 aromatic rings. The molecular formula is C28H21BrN4O5. The zero-order valence-corrected chi connectivity index (χ0v) is 21.9. The lowest BCUT2D eigenvalue weighted by molar-refractivity contribution is 0.0724. The number of nitriles is 1. The van der Waals surface area contributed by atoms with Crippen molar-refractivity contribution in [3.63, 3.8) is 0 Å². The molecule has 38 heavy (non-hydrogen) atoms. The Bertz CT molecular complexity index is 1560. The van der Waals surface area contributed by atoms with Gasteiger partial charge >= 0.3 is 5.97 Å². The standard InChI is InChI=1S/C28H21BrN4O5/c1-35-20-12-17(13-21(36-2)25(20)37-28(34)16-6-4-3-5-7-16)22-19(14-30)26(31)38-27-23(22)24(32-33-27)15-8-10-18(29)11-9-15/h3-13,22H,31H2,1-2H3,(H,32,33)/t22-/m0/s1. The first-order chi connectivity index (χ1) is 18.4. The second-order valence-corrected chi connectivity index (χ2v) is 9.17.